The number of rotatable bonds is 3. The van der Waals surface area contributed by atoms with E-state index in [1.54, 1.807) is 0 Å². The van der Waals surface area contributed by atoms with E-state index < -0.39 is 5.38 Å². The quantitative estimate of drug-likeness (QED) is 0.840. The molecule has 1 aliphatic rings. The van der Waals surface area contributed by atoms with Crippen molar-refractivity contribution in [1.82, 2.24) is 5.32 Å². The van der Waals surface area contributed by atoms with E-state index in [9.17, 15) is 4.79 Å². The van der Waals surface area contributed by atoms with Crippen molar-refractivity contribution in [2.75, 3.05) is 13.2 Å². The van der Waals surface area contributed by atoms with Gasteiger partial charge < -0.3 is 10.1 Å². The second-order valence-electron chi connectivity index (χ2n) is 4.17. The number of hydrogen-bond acceptors (Lipinski definition) is 2. The Morgan fingerprint density at radius 1 is 1.29 bits per heavy atom. The molecule has 1 aromatic rings. The van der Waals surface area contributed by atoms with Gasteiger partial charge in [-0.05, 0) is 18.4 Å². The van der Waals surface area contributed by atoms with Gasteiger partial charge in [0, 0.05) is 19.3 Å². The van der Waals surface area contributed by atoms with Gasteiger partial charge in [-0.1, -0.05) is 30.3 Å². The van der Waals surface area contributed by atoms with Gasteiger partial charge in [-0.15, -0.1) is 11.6 Å². The maximum absolute atomic E-state index is 11.9. The fraction of sp³-hybridized carbons (Fsp3) is 0.462. The van der Waals surface area contributed by atoms with E-state index in [1.165, 1.54) is 0 Å². The largest absolute Gasteiger partial charge is 0.381 e. The van der Waals surface area contributed by atoms with Crippen LogP contribution in [-0.4, -0.2) is 25.2 Å². The minimum atomic E-state index is -0.612. The van der Waals surface area contributed by atoms with Crippen LogP contribution in [-0.2, 0) is 9.53 Å². The van der Waals surface area contributed by atoms with E-state index in [2.05, 4.69) is 5.32 Å². The van der Waals surface area contributed by atoms with E-state index in [4.69, 9.17) is 16.3 Å². The van der Waals surface area contributed by atoms with Crippen molar-refractivity contribution < 1.29 is 9.53 Å². The zero-order chi connectivity index (χ0) is 12.1. The summed E-state index contributed by atoms with van der Waals surface area (Å²) in [5.41, 5.74) is 0.832. The molecule has 0 aromatic heterocycles. The summed E-state index contributed by atoms with van der Waals surface area (Å²) in [5.74, 6) is -0.121. The van der Waals surface area contributed by atoms with Crippen LogP contribution in [0.5, 0.6) is 0 Å². The van der Waals surface area contributed by atoms with Crippen LogP contribution >= 0.6 is 11.6 Å². The molecule has 92 valence electrons. The molecule has 3 nitrogen and oxygen atoms in total. The Balaban J connectivity index is 1.91. The number of halogens is 1. The summed E-state index contributed by atoms with van der Waals surface area (Å²) in [5, 5.41) is 2.35. The first-order valence-corrected chi connectivity index (χ1v) is 6.28. The molecule has 1 unspecified atom stereocenters. The van der Waals surface area contributed by atoms with Crippen molar-refractivity contribution in [3.8, 4) is 0 Å². The highest BCUT2D eigenvalue weighted by molar-refractivity contribution is 6.30. The van der Waals surface area contributed by atoms with Crippen LogP contribution in [0.4, 0.5) is 0 Å². The molecular formula is C13H16ClNO2. The van der Waals surface area contributed by atoms with Gasteiger partial charge in [0.2, 0.25) is 5.91 Å². The highest BCUT2D eigenvalue weighted by Gasteiger charge is 2.22. The van der Waals surface area contributed by atoms with Crippen LogP contribution in [0.25, 0.3) is 0 Å². The molecule has 2 rings (SSSR count). The summed E-state index contributed by atoms with van der Waals surface area (Å²) in [7, 11) is 0. The molecule has 0 aliphatic carbocycles. The maximum atomic E-state index is 11.9. The molecule has 1 saturated heterocycles. The van der Waals surface area contributed by atoms with Crippen LogP contribution in [0.2, 0.25) is 0 Å². The SMILES string of the molecule is O=C(NC1CCOCC1)C(Cl)c1ccccc1. The van der Waals surface area contributed by atoms with E-state index >= 15 is 0 Å². The lowest BCUT2D eigenvalue weighted by molar-refractivity contribution is -0.122. The number of benzene rings is 1. The summed E-state index contributed by atoms with van der Waals surface area (Å²) in [4.78, 5) is 11.9. The molecule has 1 fully saturated rings. The van der Waals surface area contributed by atoms with Gasteiger partial charge in [0.05, 0.1) is 0 Å². The summed E-state index contributed by atoms with van der Waals surface area (Å²) < 4.78 is 5.24. The standard InChI is InChI=1S/C13H16ClNO2/c14-12(10-4-2-1-3-5-10)13(16)15-11-6-8-17-9-7-11/h1-5,11-12H,6-9H2,(H,15,16). The van der Waals surface area contributed by atoms with Crippen molar-refractivity contribution >= 4 is 17.5 Å². The molecule has 0 radical (unpaired) electrons. The van der Waals surface area contributed by atoms with Crippen molar-refractivity contribution in [2.45, 2.75) is 24.3 Å². The van der Waals surface area contributed by atoms with Gasteiger partial charge in [0.25, 0.3) is 0 Å². The third kappa shape index (κ3) is 3.45. The minimum absolute atomic E-state index is 0.121. The predicted molar refractivity (Wildman–Crippen MR) is 67.0 cm³/mol. The Hall–Kier alpha value is -1.06. The molecule has 1 amide bonds. The molecule has 17 heavy (non-hydrogen) atoms. The van der Waals surface area contributed by atoms with E-state index in [1.807, 2.05) is 30.3 Å². The zero-order valence-corrected chi connectivity index (χ0v) is 10.3. The second kappa shape index (κ2) is 6.03. The molecule has 1 aromatic carbocycles. The Bertz CT molecular complexity index is 363. The molecule has 1 aliphatic heterocycles. The van der Waals surface area contributed by atoms with E-state index in [-0.39, 0.29) is 11.9 Å². The van der Waals surface area contributed by atoms with Crippen LogP contribution < -0.4 is 5.32 Å². The van der Waals surface area contributed by atoms with Crippen LogP contribution in [0.15, 0.2) is 30.3 Å². The smallest absolute Gasteiger partial charge is 0.242 e. The van der Waals surface area contributed by atoms with Gasteiger partial charge in [-0.2, -0.15) is 0 Å². The Morgan fingerprint density at radius 2 is 1.94 bits per heavy atom. The van der Waals surface area contributed by atoms with Gasteiger partial charge >= 0.3 is 0 Å². The third-order valence-electron chi connectivity index (χ3n) is 2.89. The van der Waals surface area contributed by atoms with Crippen molar-refractivity contribution in [2.24, 2.45) is 0 Å². The van der Waals surface area contributed by atoms with E-state index in [0.717, 1.165) is 18.4 Å². The maximum Gasteiger partial charge on any atom is 0.242 e. The fourth-order valence-corrected chi connectivity index (χ4v) is 2.10. The molecular weight excluding hydrogens is 238 g/mol. The third-order valence-corrected chi connectivity index (χ3v) is 3.34. The van der Waals surface area contributed by atoms with Gasteiger partial charge in [0.15, 0.2) is 0 Å². The van der Waals surface area contributed by atoms with E-state index in [0.29, 0.717) is 13.2 Å². The topological polar surface area (TPSA) is 38.3 Å². The molecule has 1 heterocycles. The zero-order valence-electron chi connectivity index (χ0n) is 9.56. The molecule has 0 spiro atoms. The van der Waals surface area contributed by atoms with Crippen molar-refractivity contribution in [3.63, 3.8) is 0 Å². The average Bonchev–Trinajstić information content (AvgIpc) is 2.40. The van der Waals surface area contributed by atoms with Gasteiger partial charge in [-0.3, -0.25) is 4.79 Å². The monoisotopic (exact) mass is 253 g/mol. The predicted octanol–water partition coefficient (Wildman–Crippen LogP) is 2.26. The van der Waals surface area contributed by atoms with Crippen molar-refractivity contribution in [3.05, 3.63) is 35.9 Å². The summed E-state index contributed by atoms with van der Waals surface area (Å²) in [6.45, 7) is 1.42. The summed E-state index contributed by atoms with van der Waals surface area (Å²) >= 11 is 6.13. The Labute approximate surface area is 106 Å². The lowest BCUT2D eigenvalue weighted by Crippen LogP contribution is -2.40. The van der Waals surface area contributed by atoms with Gasteiger partial charge in [-0.25, -0.2) is 0 Å². The number of ether oxygens (including phenoxy) is 1. The number of alkyl halides is 1. The molecule has 1 atom stereocenters. The van der Waals surface area contributed by atoms with Crippen LogP contribution in [0, 0.1) is 0 Å². The lowest BCUT2D eigenvalue weighted by atomic mass is 10.1. The van der Waals surface area contributed by atoms with Crippen LogP contribution in [0.1, 0.15) is 23.8 Å². The first kappa shape index (κ1) is 12.4. The number of amides is 1. The first-order valence-electron chi connectivity index (χ1n) is 5.84. The minimum Gasteiger partial charge on any atom is -0.381 e. The highest BCUT2D eigenvalue weighted by Crippen LogP contribution is 2.20. The first-order chi connectivity index (χ1) is 8.27. The molecule has 0 bridgehead atoms. The van der Waals surface area contributed by atoms with Gasteiger partial charge in [0.1, 0.15) is 5.38 Å². The summed E-state index contributed by atoms with van der Waals surface area (Å²) in [6, 6.07) is 9.59. The Morgan fingerprint density at radius 3 is 2.59 bits per heavy atom. The number of nitrogens with one attached hydrogen (secondary N) is 1. The number of hydrogen-bond donors (Lipinski definition) is 1. The van der Waals surface area contributed by atoms with Crippen molar-refractivity contribution in [1.29, 1.82) is 0 Å². The highest BCUT2D eigenvalue weighted by atomic mass is 35.5. The molecule has 0 saturated carbocycles. The number of carbonyl (C=O) groups excluding carboxylic acids is 1. The molecule has 1 N–H and O–H groups in total. The normalized spacial score (nSPS) is 18.6. The van der Waals surface area contributed by atoms with Crippen LogP contribution in [0.3, 0.4) is 0 Å². The number of carbonyl (C=O) groups is 1. The average molecular weight is 254 g/mol. The fourth-order valence-electron chi connectivity index (χ4n) is 1.89. The summed E-state index contributed by atoms with van der Waals surface area (Å²) in [6.07, 6.45) is 1.73. The Kier molecular flexibility index (Phi) is 4.40. The lowest BCUT2D eigenvalue weighted by Gasteiger charge is -2.24. The second-order valence-corrected chi connectivity index (χ2v) is 4.60. The molecule has 4 heteroatoms.